The zero-order valence-corrected chi connectivity index (χ0v) is 13.4. The number of Topliss-reactive ketones (excluding diaryl/α,β-unsaturated/α-hetero) is 1. The Kier molecular flexibility index (Phi) is 7.69. The zero-order valence-electron chi connectivity index (χ0n) is 11.8. The smallest absolute Gasteiger partial charge is 0.283 e. The van der Waals surface area contributed by atoms with E-state index in [2.05, 4.69) is 6.92 Å². The van der Waals surface area contributed by atoms with E-state index in [0.717, 1.165) is 17.3 Å². The standard InChI is InChI=1S/C14H19NO3S2/c1-3-4-7-19-8-9-20-14-6-5-12(11(2)16)10-13(14)15(17)18/h5-6,10H,3-4,7-9H2,1-2H3. The van der Waals surface area contributed by atoms with Gasteiger partial charge < -0.3 is 0 Å². The second-order valence-corrected chi connectivity index (χ2v) is 6.67. The van der Waals surface area contributed by atoms with Crippen molar-refractivity contribution in [2.45, 2.75) is 31.6 Å². The minimum Gasteiger partial charge on any atom is -0.295 e. The summed E-state index contributed by atoms with van der Waals surface area (Å²) in [7, 11) is 0. The van der Waals surface area contributed by atoms with Crippen LogP contribution in [0.25, 0.3) is 0 Å². The van der Waals surface area contributed by atoms with Gasteiger partial charge in [-0.2, -0.15) is 11.8 Å². The SMILES string of the molecule is CCCCSCCSc1ccc(C(C)=O)cc1[N+](=O)[O-]. The minimum atomic E-state index is -0.418. The van der Waals surface area contributed by atoms with Gasteiger partial charge in [0.25, 0.3) is 5.69 Å². The monoisotopic (exact) mass is 313 g/mol. The van der Waals surface area contributed by atoms with Crippen molar-refractivity contribution in [1.29, 1.82) is 0 Å². The van der Waals surface area contributed by atoms with Gasteiger partial charge in [-0.3, -0.25) is 14.9 Å². The van der Waals surface area contributed by atoms with Crippen LogP contribution in [0.1, 0.15) is 37.0 Å². The molecule has 0 aliphatic heterocycles. The summed E-state index contributed by atoms with van der Waals surface area (Å²) in [4.78, 5) is 22.5. The van der Waals surface area contributed by atoms with Gasteiger partial charge in [-0.25, -0.2) is 0 Å². The third kappa shape index (κ3) is 5.54. The molecule has 0 amide bonds. The lowest BCUT2D eigenvalue weighted by Gasteiger charge is -2.04. The molecular formula is C14H19NO3S2. The molecule has 0 spiro atoms. The van der Waals surface area contributed by atoms with Gasteiger partial charge in [-0.05, 0) is 31.2 Å². The van der Waals surface area contributed by atoms with Crippen molar-refractivity contribution < 1.29 is 9.72 Å². The number of unbranched alkanes of at least 4 members (excludes halogenated alkanes) is 1. The predicted molar refractivity (Wildman–Crippen MR) is 86.1 cm³/mol. The van der Waals surface area contributed by atoms with E-state index < -0.39 is 4.92 Å². The van der Waals surface area contributed by atoms with Gasteiger partial charge in [-0.1, -0.05) is 13.3 Å². The number of hydrogen-bond acceptors (Lipinski definition) is 5. The summed E-state index contributed by atoms with van der Waals surface area (Å²) < 4.78 is 0. The average molecular weight is 313 g/mol. The highest BCUT2D eigenvalue weighted by Gasteiger charge is 2.16. The van der Waals surface area contributed by atoms with Gasteiger partial charge in [0.2, 0.25) is 0 Å². The first-order valence-electron chi connectivity index (χ1n) is 6.56. The van der Waals surface area contributed by atoms with Crippen LogP contribution in [0.5, 0.6) is 0 Å². The number of hydrogen-bond donors (Lipinski definition) is 0. The first-order chi connectivity index (χ1) is 9.56. The first kappa shape index (κ1) is 17.0. The van der Waals surface area contributed by atoms with Crippen LogP contribution in [0.3, 0.4) is 0 Å². The molecule has 0 bridgehead atoms. The second-order valence-electron chi connectivity index (χ2n) is 4.31. The molecule has 0 unspecified atom stereocenters. The number of nitrogens with zero attached hydrogens (tertiary/aromatic N) is 1. The summed E-state index contributed by atoms with van der Waals surface area (Å²) in [5.41, 5.74) is 0.416. The zero-order chi connectivity index (χ0) is 15.0. The number of ketones is 1. The fraction of sp³-hybridized carbons (Fsp3) is 0.500. The number of thioether (sulfide) groups is 2. The molecule has 0 fully saturated rings. The van der Waals surface area contributed by atoms with E-state index in [9.17, 15) is 14.9 Å². The fourth-order valence-electron chi connectivity index (χ4n) is 1.56. The van der Waals surface area contributed by atoms with E-state index >= 15 is 0 Å². The maximum absolute atomic E-state index is 11.3. The van der Waals surface area contributed by atoms with Crippen molar-refractivity contribution in [3.8, 4) is 0 Å². The molecule has 20 heavy (non-hydrogen) atoms. The van der Waals surface area contributed by atoms with Gasteiger partial charge in [0, 0.05) is 23.1 Å². The number of carbonyl (C=O) groups excluding carboxylic acids is 1. The molecule has 6 heteroatoms. The highest BCUT2D eigenvalue weighted by molar-refractivity contribution is 8.03. The van der Waals surface area contributed by atoms with E-state index in [1.807, 2.05) is 11.8 Å². The highest BCUT2D eigenvalue weighted by atomic mass is 32.2. The predicted octanol–water partition coefficient (Wildman–Crippen LogP) is 4.42. The van der Waals surface area contributed by atoms with E-state index in [1.54, 1.807) is 12.1 Å². The van der Waals surface area contributed by atoms with Crippen LogP contribution in [0.15, 0.2) is 23.1 Å². The van der Waals surface area contributed by atoms with Crippen LogP contribution in [0.4, 0.5) is 5.69 Å². The molecule has 0 aliphatic carbocycles. The van der Waals surface area contributed by atoms with Gasteiger partial charge in [0.1, 0.15) is 0 Å². The van der Waals surface area contributed by atoms with Crippen LogP contribution >= 0.6 is 23.5 Å². The molecule has 0 saturated heterocycles. The van der Waals surface area contributed by atoms with Crippen LogP contribution in [0, 0.1) is 10.1 Å². The average Bonchev–Trinajstić information content (AvgIpc) is 2.42. The summed E-state index contributed by atoms with van der Waals surface area (Å²) in [5.74, 6) is 2.81. The third-order valence-electron chi connectivity index (χ3n) is 2.69. The number of nitro benzene ring substituents is 1. The first-order valence-corrected chi connectivity index (χ1v) is 8.70. The van der Waals surface area contributed by atoms with Crippen molar-refractivity contribution in [3.63, 3.8) is 0 Å². The lowest BCUT2D eigenvalue weighted by atomic mass is 10.1. The second kappa shape index (κ2) is 9.02. The molecule has 0 radical (unpaired) electrons. The van der Waals surface area contributed by atoms with Gasteiger partial charge in [0.15, 0.2) is 5.78 Å². The Balaban J connectivity index is 2.60. The summed E-state index contributed by atoms with van der Waals surface area (Å²) >= 11 is 3.35. The van der Waals surface area contributed by atoms with Crippen molar-refractivity contribution in [1.82, 2.24) is 0 Å². The van der Waals surface area contributed by atoms with Crippen molar-refractivity contribution in [3.05, 3.63) is 33.9 Å². The molecule has 0 saturated carbocycles. The molecule has 0 atom stereocenters. The third-order valence-corrected chi connectivity index (χ3v) is 5.08. The summed E-state index contributed by atoms with van der Waals surface area (Å²) in [6, 6.07) is 4.70. The highest BCUT2D eigenvalue weighted by Crippen LogP contribution is 2.30. The molecule has 0 N–H and O–H groups in total. The van der Waals surface area contributed by atoms with E-state index in [-0.39, 0.29) is 11.5 Å². The van der Waals surface area contributed by atoms with Crippen molar-refractivity contribution in [2.24, 2.45) is 0 Å². The van der Waals surface area contributed by atoms with Crippen LogP contribution in [0.2, 0.25) is 0 Å². The normalized spacial score (nSPS) is 10.5. The van der Waals surface area contributed by atoms with E-state index in [4.69, 9.17) is 0 Å². The molecule has 0 heterocycles. The number of carbonyl (C=O) groups is 1. The lowest BCUT2D eigenvalue weighted by molar-refractivity contribution is -0.387. The van der Waals surface area contributed by atoms with Crippen molar-refractivity contribution in [2.75, 3.05) is 17.3 Å². The minimum absolute atomic E-state index is 0.0289. The Morgan fingerprint density at radius 3 is 2.65 bits per heavy atom. The lowest BCUT2D eigenvalue weighted by Crippen LogP contribution is -1.97. The quantitative estimate of drug-likeness (QED) is 0.222. The van der Waals surface area contributed by atoms with Crippen molar-refractivity contribution >= 4 is 35.0 Å². The fourth-order valence-corrected chi connectivity index (χ4v) is 3.73. The molecular weight excluding hydrogens is 294 g/mol. The van der Waals surface area contributed by atoms with Crippen LogP contribution in [-0.2, 0) is 0 Å². The molecule has 1 aromatic rings. The Hall–Kier alpha value is -1.01. The Labute approximate surface area is 127 Å². The Morgan fingerprint density at radius 2 is 2.05 bits per heavy atom. The maximum atomic E-state index is 11.3. The summed E-state index contributed by atoms with van der Waals surface area (Å²) in [5, 5.41) is 11.0. The van der Waals surface area contributed by atoms with E-state index in [1.165, 1.54) is 37.6 Å². The number of benzene rings is 1. The molecule has 1 aromatic carbocycles. The van der Waals surface area contributed by atoms with E-state index in [0.29, 0.717) is 10.5 Å². The Morgan fingerprint density at radius 1 is 1.30 bits per heavy atom. The summed E-state index contributed by atoms with van der Waals surface area (Å²) in [6.07, 6.45) is 2.40. The van der Waals surface area contributed by atoms with Crippen LogP contribution < -0.4 is 0 Å². The largest absolute Gasteiger partial charge is 0.295 e. The molecule has 1 rings (SSSR count). The van der Waals surface area contributed by atoms with Gasteiger partial charge >= 0.3 is 0 Å². The Bertz CT molecular complexity index is 477. The number of rotatable bonds is 9. The topological polar surface area (TPSA) is 60.2 Å². The van der Waals surface area contributed by atoms with Gasteiger partial charge in [-0.15, -0.1) is 11.8 Å². The maximum Gasteiger partial charge on any atom is 0.283 e. The van der Waals surface area contributed by atoms with Crippen LogP contribution in [-0.4, -0.2) is 28.0 Å². The number of nitro groups is 1. The van der Waals surface area contributed by atoms with Gasteiger partial charge in [0.05, 0.1) is 9.82 Å². The molecule has 4 nitrogen and oxygen atoms in total. The summed E-state index contributed by atoms with van der Waals surface area (Å²) in [6.45, 7) is 3.57. The molecule has 0 aliphatic rings. The molecule has 0 aromatic heterocycles. The molecule has 110 valence electrons.